The van der Waals surface area contributed by atoms with E-state index >= 15 is 0 Å². The molecule has 0 aliphatic heterocycles. The zero-order chi connectivity index (χ0) is 10.7. The molecule has 0 aromatic heterocycles. The van der Waals surface area contributed by atoms with Gasteiger partial charge in [0.2, 0.25) is 0 Å². The molecule has 0 rings (SSSR count). The molecule has 0 saturated heterocycles. The SMILES string of the molecule is CC(C)(C)C(=O)OCC(F)(F)CN. The molecule has 0 saturated carbocycles. The zero-order valence-electron chi connectivity index (χ0n) is 8.06. The lowest BCUT2D eigenvalue weighted by atomic mass is 9.97. The molecule has 0 atom stereocenters. The Labute approximate surface area is 76.2 Å². The standard InChI is InChI=1S/C8H15F2NO2/c1-7(2,3)6(12)13-5-8(9,10)4-11/h4-5,11H2,1-3H3. The number of carbonyl (C=O) groups excluding carboxylic acids is 1. The fourth-order valence-electron chi connectivity index (χ4n) is 0.447. The number of hydrogen-bond acceptors (Lipinski definition) is 3. The average Bonchev–Trinajstić information content (AvgIpc) is 1.98. The third-order valence-electron chi connectivity index (χ3n) is 1.33. The highest BCUT2D eigenvalue weighted by molar-refractivity contribution is 5.75. The lowest BCUT2D eigenvalue weighted by molar-refractivity contribution is -0.163. The van der Waals surface area contributed by atoms with Crippen LogP contribution in [0.1, 0.15) is 20.8 Å². The first-order valence-electron chi connectivity index (χ1n) is 3.94. The maximum Gasteiger partial charge on any atom is 0.311 e. The van der Waals surface area contributed by atoms with Gasteiger partial charge in [-0.25, -0.2) is 8.78 Å². The predicted octanol–water partition coefficient (Wildman–Crippen LogP) is 1.17. The van der Waals surface area contributed by atoms with Crippen LogP contribution in [0.15, 0.2) is 0 Å². The van der Waals surface area contributed by atoms with E-state index in [4.69, 9.17) is 5.73 Å². The molecular formula is C8H15F2NO2. The van der Waals surface area contributed by atoms with E-state index in [0.29, 0.717) is 0 Å². The van der Waals surface area contributed by atoms with Gasteiger partial charge >= 0.3 is 5.97 Å². The molecule has 0 aromatic rings. The van der Waals surface area contributed by atoms with Crippen molar-refractivity contribution in [1.82, 2.24) is 0 Å². The van der Waals surface area contributed by atoms with Gasteiger partial charge in [0.05, 0.1) is 12.0 Å². The second-order valence-electron chi connectivity index (χ2n) is 3.89. The third-order valence-corrected chi connectivity index (χ3v) is 1.33. The number of rotatable bonds is 3. The number of carbonyl (C=O) groups is 1. The Hall–Kier alpha value is -0.710. The fourth-order valence-corrected chi connectivity index (χ4v) is 0.447. The van der Waals surface area contributed by atoms with Gasteiger partial charge in [-0.15, -0.1) is 0 Å². The van der Waals surface area contributed by atoms with Crippen LogP contribution in [0.5, 0.6) is 0 Å². The van der Waals surface area contributed by atoms with Crippen molar-refractivity contribution in [3.8, 4) is 0 Å². The van der Waals surface area contributed by atoms with E-state index in [0.717, 1.165) is 0 Å². The Morgan fingerprint density at radius 1 is 1.38 bits per heavy atom. The molecule has 0 aromatic carbocycles. The minimum atomic E-state index is -3.12. The summed E-state index contributed by atoms with van der Waals surface area (Å²) in [5.74, 6) is -3.78. The van der Waals surface area contributed by atoms with Crippen molar-refractivity contribution in [2.75, 3.05) is 13.2 Å². The van der Waals surface area contributed by atoms with Gasteiger partial charge < -0.3 is 10.5 Å². The normalized spacial score (nSPS) is 12.8. The van der Waals surface area contributed by atoms with Gasteiger partial charge in [-0.3, -0.25) is 4.79 Å². The van der Waals surface area contributed by atoms with E-state index in [1.165, 1.54) is 0 Å². The van der Waals surface area contributed by atoms with Crippen LogP contribution >= 0.6 is 0 Å². The molecule has 0 fully saturated rings. The van der Waals surface area contributed by atoms with Gasteiger partial charge in [0.1, 0.15) is 0 Å². The molecule has 0 amide bonds. The van der Waals surface area contributed by atoms with Crippen molar-refractivity contribution < 1.29 is 18.3 Å². The van der Waals surface area contributed by atoms with Crippen LogP contribution in [0.2, 0.25) is 0 Å². The van der Waals surface area contributed by atoms with E-state index < -0.39 is 30.5 Å². The monoisotopic (exact) mass is 195 g/mol. The number of ether oxygens (including phenoxy) is 1. The van der Waals surface area contributed by atoms with Crippen LogP contribution in [0.25, 0.3) is 0 Å². The minimum absolute atomic E-state index is 0.652. The molecular weight excluding hydrogens is 180 g/mol. The summed E-state index contributed by atoms with van der Waals surface area (Å²) in [5.41, 5.74) is 4.00. The molecule has 78 valence electrons. The second-order valence-corrected chi connectivity index (χ2v) is 3.89. The highest BCUT2D eigenvalue weighted by Crippen LogP contribution is 2.18. The molecule has 5 heteroatoms. The molecule has 0 spiro atoms. The van der Waals surface area contributed by atoms with Crippen LogP contribution < -0.4 is 5.73 Å². The van der Waals surface area contributed by atoms with Crippen LogP contribution in [0.4, 0.5) is 8.78 Å². The summed E-state index contributed by atoms with van der Waals surface area (Å²) < 4.78 is 29.4. The topological polar surface area (TPSA) is 52.3 Å². The maximum absolute atomic E-state index is 12.5. The van der Waals surface area contributed by atoms with Crippen LogP contribution in [0.3, 0.4) is 0 Å². The highest BCUT2D eigenvalue weighted by atomic mass is 19.3. The van der Waals surface area contributed by atoms with Crippen LogP contribution in [-0.2, 0) is 9.53 Å². The van der Waals surface area contributed by atoms with Gasteiger partial charge in [0, 0.05) is 0 Å². The number of halogens is 2. The molecule has 0 aliphatic rings. The predicted molar refractivity (Wildman–Crippen MR) is 44.4 cm³/mol. The first kappa shape index (κ1) is 12.3. The van der Waals surface area contributed by atoms with Gasteiger partial charge in [-0.05, 0) is 20.8 Å². The Morgan fingerprint density at radius 3 is 2.15 bits per heavy atom. The fraction of sp³-hybridized carbons (Fsp3) is 0.875. The molecule has 0 radical (unpaired) electrons. The lowest BCUT2D eigenvalue weighted by Crippen LogP contribution is -2.36. The Balaban J connectivity index is 3.98. The quantitative estimate of drug-likeness (QED) is 0.688. The van der Waals surface area contributed by atoms with Gasteiger partial charge in [0.25, 0.3) is 5.92 Å². The largest absolute Gasteiger partial charge is 0.459 e. The van der Waals surface area contributed by atoms with Gasteiger partial charge in [0.15, 0.2) is 6.61 Å². The van der Waals surface area contributed by atoms with Crippen molar-refractivity contribution in [3.05, 3.63) is 0 Å². The number of esters is 1. The molecule has 3 nitrogen and oxygen atoms in total. The molecule has 0 heterocycles. The highest BCUT2D eigenvalue weighted by Gasteiger charge is 2.31. The number of alkyl halides is 2. The lowest BCUT2D eigenvalue weighted by Gasteiger charge is -2.19. The summed E-state index contributed by atoms with van der Waals surface area (Å²) in [6.07, 6.45) is 0. The molecule has 13 heavy (non-hydrogen) atoms. The molecule has 0 bridgehead atoms. The smallest absolute Gasteiger partial charge is 0.311 e. The summed E-state index contributed by atoms with van der Waals surface area (Å²) in [6, 6.07) is 0. The van der Waals surface area contributed by atoms with Crippen molar-refractivity contribution in [2.45, 2.75) is 26.7 Å². The summed E-state index contributed by atoms with van der Waals surface area (Å²) in [5, 5.41) is 0. The molecule has 2 N–H and O–H groups in total. The van der Waals surface area contributed by atoms with Crippen molar-refractivity contribution >= 4 is 5.97 Å². The molecule has 0 aliphatic carbocycles. The van der Waals surface area contributed by atoms with E-state index in [-0.39, 0.29) is 0 Å². The van der Waals surface area contributed by atoms with Crippen molar-refractivity contribution in [3.63, 3.8) is 0 Å². The number of nitrogens with two attached hydrogens (primary N) is 1. The van der Waals surface area contributed by atoms with Crippen molar-refractivity contribution in [2.24, 2.45) is 11.1 Å². The first-order valence-corrected chi connectivity index (χ1v) is 3.94. The minimum Gasteiger partial charge on any atom is -0.459 e. The average molecular weight is 195 g/mol. The summed E-state index contributed by atoms with van der Waals surface area (Å²) >= 11 is 0. The maximum atomic E-state index is 12.5. The van der Waals surface area contributed by atoms with Gasteiger partial charge in [-0.1, -0.05) is 0 Å². The second kappa shape index (κ2) is 4.00. The first-order chi connectivity index (χ1) is 5.69. The Morgan fingerprint density at radius 2 is 1.85 bits per heavy atom. The zero-order valence-corrected chi connectivity index (χ0v) is 8.06. The molecule has 0 unspecified atom stereocenters. The summed E-state index contributed by atoms with van der Waals surface area (Å²) in [6.45, 7) is 3.02. The number of hydrogen-bond donors (Lipinski definition) is 1. The third kappa shape index (κ3) is 4.77. The van der Waals surface area contributed by atoms with Gasteiger partial charge in [-0.2, -0.15) is 0 Å². The van der Waals surface area contributed by atoms with Crippen LogP contribution in [-0.4, -0.2) is 25.0 Å². The Kier molecular flexibility index (Phi) is 3.78. The van der Waals surface area contributed by atoms with E-state index in [1.807, 2.05) is 0 Å². The summed E-state index contributed by atoms with van der Waals surface area (Å²) in [7, 11) is 0. The van der Waals surface area contributed by atoms with Crippen LogP contribution in [0, 0.1) is 5.41 Å². The Bertz CT molecular complexity index is 187. The van der Waals surface area contributed by atoms with E-state index in [9.17, 15) is 13.6 Å². The summed E-state index contributed by atoms with van der Waals surface area (Å²) in [4.78, 5) is 11.0. The van der Waals surface area contributed by atoms with E-state index in [2.05, 4.69) is 4.74 Å². The van der Waals surface area contributed by atoms with E-state index in [1.54, 1.807) is 20.8 Å². The van der Waals surface area contributed by atoms with Crippen molar-refractivity contribution in [1.29, 1.82) is 0 Å².